The maximum absolute atomic E-state index is 13.3. The highest BCUT2D eigenvalue weighted by Crippen LogP contribution is 2.34. The molecule has 1 heterocycles. The topological polar surface area (TPSA) is 102 Å². The second-order valence-electron chi connectivity index (χ2n) is 8.86. The molecule has 0 fully saturated rings. The number of carbonyl (C=O) groups is 2. The predicted molar refractivity (Wildman–Crippen MR) is 167 cm³/mol. The fourth-order valence-electron chi connectivity index (χ4n) is 4.34. The number of fused-ring (bicyclic) bond motifs is 1. The summed E-state index contributed by atoms with van der Waals surface area (Å²) >= 11 is 2.25. The lowest BCUT2D eigenvalue weighted by molar-refractivity contribution is 0.0727. The van der Waals surface area contributed by atoms with Crippen molar-refractivity contribution < 1.29 is 23.8 Å². The van der Waals surface area contributed by atoms with Crippen LogP contribution in [0.3, 0.4) is 0 Å². The van der Waals surface area contributed by atoms with Gasteiger partial charge in [0.2, 0.25) is 0 Å². The van der Waals surface area contributed by atoms with E-state index >= 15 is 0 Å². The second-order valence-corrected chi connectivity index (χ2v) is 10.0. The van der Waals surface area contributed by atoms with E-state index in [0.29, 0.717) is 34.9 Å². The van der Waals surface area contributed by atoms with Crippen molar-refractivity contribution in [3.8, 4) is 28.4 Å². The third-order valence-electron chi connectivity index (χ3n) is 6.23. The maximum Gasteiger partial charge on any atom is 0.343 e. The van der Waals surface area contributed by atoms with Gasteiger partial charge in [-0.3, -0.25) is 4.79 Å². The van der Waals surface area contributed by atoms with E-state index in [9.17, 15) is 9.59 Å². The largest absolute Gasteiger partial charge is 0.497 e. The second kappa shape index (κ2) is 12.7. The van der Waals surface area contributed by atoms with Crippen molar-refractivity contribution in [2.45, 2.75) is 6.92 Å². The van der Waals surface area contributed by atoms with E-state index in [0.717, 1.165) is 25.6 Å². The van der Waals surface area contributed by atoms with Crippen LogP contribution >= 0.6 is 22.6 Å². The van der Waals surface area contributed by atoms with E-state index in [2.05, 4.69) is 38.1 Å². The minimum atomic E-state index is -0.541. The molecule has 9 heteroatoms. The monoisotopic (exact) mass is 659 g/mol. The molecule has 206 valence electrons. The van der Waals surface area contributed by atoms with Crippen LogP contribution in [0.25, 0.3) is 22.0 Å². The number of aromatic nitrogens is 1. The number of benzene rings is 4. The Morgan fingerprint density at radius 1 is 0.951 bits per heavy atom. The van der Waals surface area contributed by atoms with Crippen LogP contribution in [0.2, 0.25) is 0 Å². The molecule has 0 bridgehead atoms. The van der Waals surface area contributed by atoms with E-state index in [1.165, 1.54) is 13.3 Å². The van der Waals surface area contributed by atoms with Crippen molar-refractivity contribution in [1.29, 1.82) is 0 Å². The van der Waals surface area contributed by atoms with Crippen LogP contribution in [-0.2, 0) is 0 Å². The molecule has 2 N–H and O–H groups in total. The lowest BCUT2D eigenvalue weighted by Gasteiger charge is -2.11. The zero-order valence-corrected chi connectivity index (χ0v) is 24.5. The summed E-state index contributed by atoms with van der Waals surface area (Å²) in [7, 11) is 1.53. The van der Waals surface area contributed by atoms with Crippen LogP contribution < -0.4 is 19.6 Å². The summed E-state index contributed by atoms with van der Waals surface area (Å²) < 4.78 is 17.5. The number of ether oxygens (including phenoxy) is 3. The van der Waals surface area contributed by atoms with Gasteiger partial charge in [-0.2, -0.15) is 5.10 Å². The number of esters is 1. The number of hydrogen-bond acceptors (Lipinski definition) is 6. The van der Waals surface area contributed by atoms with E-state index in [1.54, 1.807) is 42.5 Å². The molecule has 0 spiro atoms. The molecule has 4 aromatic carbocycles. The molecule has 0 unspecified atom stereocenters. The molecule has 0 aliphatic heterocycles. The number of carbonyl (C=O) groups excluding carboxylic acids is 2. The zero-order chi connectivity index (χ0) is 28.8. The summed E-state index contributed by atoms with van der Waals surface area (Å²) in [6, 6.07) is 27.5. The molecule has 41 heavy (non-hydrogen) atoms. The molecule has 0 saturated carbocycles. The number of halogens is 1. The van der Waals surface area contributed by atoms with Crippen molar-refractivity contribution >= 4 is 51.6 Å². The quantitative estimate of drug-likeness (QED) is 0.0594. The Kier molecular flexibility index (Phi) is 8.64. The molecule has 5 rings (SSSR count). The van der Waals surface area contributed by atoms with Crippen LogP contribution in [0.15, 0.2) is 96.1 Å². The fourth-order valence-corrected chi connectivity index (χ4v) is 4.98. The molecule has 8 nitrogen and oxygen atoms in total. The molecule has 0 aliphatic carbocycles. The van der Waals surface area contributed by atoms with Gasteiger partial charge in [-0.25, -0.2) is 10.2 Å². The highest BCUT2D eigenvalue weighted by molar-refractivity contribution is 14.1. The van der Waals surface area contributed by atoms with Crippen molar-refractivity contribution in [2.24, 2.45) is 5.10 Å². The van der Waals surface area contributed by atoms with Crippen LogP contribution in [0.4, 0.5) is 0 Å². The average molecular weight is 659 g/mol. The van der Waals surface area contributed by atoms with E-state index in [1.807, 2.05) is 55.5 Å². The fraction of sp³-hybridized carbons (Fsp3) is 0.0938. The van der Waals surface area contributed by atoms with Crippen molar-refractivity contribution in [1.82, 2.24) is 10.4 Å². The molecule has 1 amide bonds. The van der Waals surface area contributed by atoms with Gasteiger partial charge in [0.1, 0.15) is 11.4 Å². The summed E-state index contributed by atoms with van der Waals surface area (Å²) in [4.78, 5) is 29.3. The number of H-pyrrole nitrogens is 1. The van der Waals surface area contributed by atoms with Gasteiger partial charge in [-0.1, -0.05) is 48.5 Å². The first kappa shape index (κ1) is 27.9. The third kappa shape index (κ3) is 6.25. The van der Waals surface area contributed by atoms with E-state index < -0.39 is 5.97 Å². The van der Waals surface area contributed by atoms with Crippen molar-refractivity contribution in [2.75, 3.05) is 13.7 Å². The number of rotatable bonds is 9. The lowest BCUT2D eigenvalue weighted by Crippen LogP contribution is -2.19. The molecule has 0 atom stereocenters. The molecule has 1 aromatic heterocycles. The minimum Gasteiger partial charge on any atom is -0.497 e. The number of methoxy groups -OCH3 is 1. The summed E-state index contributed by atoms with van der Waals surface area (Å²) in [5, 5.41) is 5.14. The average Bonchev–Trinajstić information content (AvgIpc) is 3.40. The Morgan fingerprint density at radius 3 is 2.54 bits per heavy atom. The van der Waals surface area contributed by atoms with E-state index in [-0.39, 0.29) is 11.7 Å². The Balaban J connectivity index is 1.36. The predicted octanol–water partition coefficient (Wildman–Crippen LogP) is 6.83. The lowest BCUT2D eigenvalue weighted by atomic mass is 10.0. The van der Waals surface area contributed by atoms with Crippen LogP contribution in [0, 0.1) is 3.57 Å². The summed E-state index contributed by atoms with van der Waals surface area (Å²) in [5.74, 6) is 0.273. The smallest absolute Gasteiger partial charge is 0.343 e. The molecular formula is C32H26IN3O5. The standard InChI is InChI=1S/C32H26IN3O5/c1-3-40-27-17-20(15-16-26(27)41-32(38)22-11-7-12-23(18-22)39-2)19-34-36-31(37)30-28(21-9-5-4-6-10-21)24-13-8-14-25(33)29(24)35-30/h4-19,35H,3H2,1-2H3,(H,36,37). The molecule has 0 saturated heterocycles. The number of hydrazone groups is 1. The SMILES string of the molecule is CCOc1cc(C=NNC(=O)c2[nH]c3c(I)cccc3c2-c2ccccc2)ccc1OC(=O)c1cccc(OC)c1. The van der Waals surface area contributed by atoms with Crippen LogP contribution in [-0.4, -0.2) is 36.8 Å². The van der Waals surface area contributed by atoms with Gasteiger partial charge in [0.05, 0.1) is 31.0 Å². The van der Waals surface area contributed by atoms with Crippen molar-refractivity contribution in [3.05, 3.63) is 111 Å². The highest BCUT2D eigenvalue weighted by Gasteiger charge is 2.20. The van der Waals surface area contributed by atoms with Gasteiger partial charge >= 0.3 is 5.97 Å². The Labute approximate surface area is 250 Å². The Morgan fingerprint density at radius 2 is 1.76 bits per heavy atom. The van der Waals surface area contributed by atoms with Crippen LogP contribution in [0.5, 0.6) is 17.2 Å². The normalized spacial score (nSPS) is 11.0. The summed E-state index contributed by atoms with van der Waals surface area (Å²) in [6.45, 7) is 2.20. The van der Waals surface area contributed by atoms with Gasteiger partial charge in [0, 0.05) is 14.5 Å². The first-order valence-corrected chi connectivity index (χ1v) is 13.9. The zero-order valence-electron chi connectivity index (χ0n) is 22.3. The number of aromatic amines is 1. The first-order valence-electron chi connectivity index (χ1n) is 12.8. The number of amides is 1. The number of hydrogen-bond donors (Lipinski definition) is 2. The van der Waals surface area contributed by atoms with Gasteiger partial charge in [-0.05, 0) is 83.1 Å². The van der Waals surface area contributed by atoms with Gasteiger partial charge in [0.15, 0.2) is 11.5 Å². The number of para-hydroxylation sites is 1. The Hall–Kier alpha value is -4.64. The van der Waals surface area contributed by atoms with Gasteiger partial charge < -0.3 is 19.2 Å². The molecule has 5 aromatic rings. The Bertz CT molecular complexity index is 1750. The minimum absolute atomic E-state index is 0.265. The first-order chi connectivity index (χ1) is 20.0. The maximum atomic E-state index is 13.3. The molecule has 0 radical (unpaired) electrons. The molecular weight excluding hydrogens is 633 g/mol. The van der Waals surface area contributed by atoms with Crippen LogP contribution in [0.1, 0.15) is 33.3 Å². The number of nitrogens with one attached hydrogen (secondary N) is 2. The van der Waals surface area contributed by atoms with Gasteiger partial charge in [0.25, 0.3) is 5.91 Å². The molecule has 0 aliphatic rings. The highest BCUT2D eigenvalue weighted by atomic mass is 127. The summed E-state index contributed by atoms with van der Waals surface area (Å²) in [6.07, 6.45) is 1.50. The number of nitrogens with zero attached hydrogens (tertiary/aromatic N) is 1. The van der Waals surface area contributed by atoms with Gasteiger partial charge in [-0.15, -0.1) is 0 Å². The third-order valence-corrected chi connectivity index (χ3v) is 7.13. The van der Waals surface area contributed by atoms with Crippen molar-refractivity contribution in [3.63, 3.8) is 0 Å². The summed E-state index contributed by atoms with van der Waals surface area (Å²) in [5.41, 5.74) is 6.67. The van der Waals surface area contributed by atoms with E-state index in [4.69, 9.17) is 14.2 Å².